The van der Waals surface area contributed by atoms with Crippen molar-refractivity contribution in [1.82, 2.24) is 5.16 Å². The van der Waals surface area contributed by atoms with Crippen LogP contribution in [0.2, 0.25) is 0 Å². The number of carbonyl (C=O) groups excluding carboxylic acids is 2. The van der Waals surface area contributed by atoms with Crippen molar-refractivity contribution in [2.45, 2.75) is 19.8 Å². The predicted molar refractivity (Wildman–Crippen MR) is 98.3 cm³/mol. The first-order valence-corrected chi connectivity index (χ1v) is 8.94. The average Bonchev–Trinajstić information content (AvgIpc) is 2.99. The number of nitrogens with one attached hydrogen (secondary N) is 2. The van der Waals surface area contributed by atoms with Crippen LogP contribution < -0.4 is 10.6 Å². The van der Waals surface area contributed by atoms with Gasteiger partial charge < -0.3 is 20.3 Å². The third-order valence-corrected chi connectivity index (χ3v) is 4.36. The molecule has 9 heteroatoms. The van der Waals surface area contributed by atoms with Gasteiger partial charge in [0.1, 0.15) is 5.76 Å². The number of hydrogen-bond donors (Lipinski definition) is 3. The largest absolute Gasteiger partial charge is 0.481 e. The fourth-order valence-electron chi connectivity index (χ4n) is 2.04. The monoisotopic (exact) mass is 377 g/mol. The van der Waals surface area contributed by atoms with E-state index in [-0.39, 0.29) is 23.3 Å². The van der Waals surface area contributed by atoms with E-state index in [1.807, 2.05) is 0 Å². The van der Waals surface area contributed by atoms with Gasteiger partial charge in [0.2, 0.25) is 11.8 Å². The van der Waals surface area contributed by atoms with Crippen LogP contribution in [0.3, 0.4) is 0 Å². The lowest BCUT2D eigenvalue weighted by molar-refractivity contribution is -0.138. The second kappa shape index (κ2) is 9.04. The number of carboxylic acids is 1. The van der Waals surface area contributed by atoms with Gasteiger partial charge in [0.25, 0.3) is 0 Å². The smallest absolute Gasteiger partial charge is 0.310 e. The Kier molecular flexibility index (Phi) is 6.79. The molecule has 1 unspecified atom stereocenters. The summed E-state index contributed by atoms with van der Waals surface area (Å²) in [7, 11) is 0. The fraction of sp³-hybridized carbons (Fsp3) is 0.294. The summed E-state index contributed by atoms with van der Waals surface area (Å²) in [5.74, 6) is -0.890. The topological polar surface area (TPSA) is 122 Å². The maximum absolute atomic E-state index is 11.9. The van der Waals surface area contributed by atoms with Crippen LogP contribution in [0.15, 0.2) is 34.9 Å². The molecular formula is C17H19N3O5S. The standard InChI is InChI=1S/C17H19N3O5S/c1-10-7-14(20-25-10)19-16(22)9-26-8-15(21)18-13-5-3-12(4-6-13)11(2)17(23)24/h3-7,11H,8-9H2,1-2H3,(H,18,21)(H,23,24)(H,19,20,22). The molecule has 1 aromatic carbocycles. The molecule has 138 valence electrons. The first kappa shape index (κ1) is 19.5. The Morgan fingerprint density at radius 2 is 1.77 bits per heavy atom. The summed E-state index contributed by atoms with van der Waals surface area (Å²) >= 11 is 1.17. The molecule has 0 bridgehead atoms. The van der Waals surface area contributed by atoms with E-state index in [0.717, 1.165) is 0 Å². The minimum atomic E-state index is -0.905. The van der Waals surface area contributed by atoms with Gasteiger partial charge in [-0.15, -0.1) is 11.8 Å². The molecule has 0 aliphatic carbocycles. The number of benzene rings is 1. The van der Waals surface area contributed by atoms with Crippen LogP contribution in [0, 0.1) is 6.92 Å². The zero-order valence-electron chi connectivity index (χ0n) is 14.3. The molecule has 1 atom stereocenters. The summed E-state index contributed by atoms with van der Waals surface area (Å²) in [6.07, 6.45) is 0. The molecule has 0 aliphatic heterocycles. The minimum Gasteiger partial charge on any atom is -0.481 e. The number of carboxylic acid groups (broad SMARTS) is 1. The summed E-state index contributed by atoms with van der Waals surface area (Å²) in [4.78, 5) is 34.6. The molecule has 0 saturated heterocycles. The number of aryl methyl sites for hydroxylation is 1. The van der Waals surface area contributed by atoms with E-state index in [1.165, 1.54) is 11.8 Å². The first-order valence-electron chi connectivity index (χ1n) is 7.78. The maximum atomic E-state index is 11.9. The normalized spacial score (nSPS) is 11.6. The molecule has 0 saturated carbocycles. The lowest BCUT2D eigenvalue weighted by Crippen LogP contribution is -2.18. The highest BCUT2D eigenvalue weighted by Crippen LogP contribution is 2.18. The van der Waals surface area contributed by atoms with Gasteiger partial charge in [0.05, 0.1) is 17.4 Å². The number of carbonyl (C=O) groups is 3. The van der Waals surface area contributed by atoms with Crippen LogP contribution in [0.1, 0.15) is 24.2 Å². The van der Waals surface area contributed by atoms with Crippen molar-refractivity contribution < 1.29 is 24.0 Å². The van der Waals surface area contributed by atoms with Crippen LogP contribution in [-0.2, 0) is 14.4 Å². The number of nitrogens with zero attached hydrogens (tertiary/aromatic N) is 1. The Bertz CT molecular complexity index is 788. The Morgan fingerprint density at radius 1 is 1.15 bits per heavy atom. The van der Waals surface area contributed by atoms with Gasteiger partial charge in [-0.05, 0) is 31.5 Å². The SMILES string of the molecule is Cc1cc(NC(=O)CSCC(=O)Nc2ccc(C(C)C(=O)O)cc2)no1. The van der Waals surface area contributed by atoms with Gasteiger partial charge in [-0.3, -0.25) is 14.4 Å². The lowest BCUT2D eigenvalue weighted by atomic mass is 10.0. The maximum Gasteiger partial charge on any atom is 0.310 e. The highest BCUT2D eigenvalue weighted by Gasteiger charge is 2.13. The zero-order valence-corrected chi connectivity index (χ0v) is 15.1. The molecule has 2 amide bonds. The summed E-state index contributed by atoms with van der Waals surface area (Å²) in [5, 5.41) is 17.9. The quantitative estimate of drug-likeness (QED) is 0.646. The number of thioether (sulfide) groups is 1. The van der Waals surface area contributed by atoms with Gasteiger partial charge in [0.15, 0.2) is 5.82 Å². The van der Waals surface area contributed by atoms with Crippen LogP contribution in [-0.4, -0.2) is 39.6 Å². The number of aliphatic carboxylic acids is 1. The number of hydrogen-bond acceptors (Lipinski definition) is 6. The fourth-order valence-corrected chi connectivity index (χ4v) is 2.65. The molecule has 0 radical (unpaired) electrons. The number of aromatic nitrogens is 1. The summed E-state index contributed by atoms with van der Waals surface area (Å²) in [6.45, 7) is 3.31. The summed E-state index contributed by atoms with van der Waals surface area (Å²) in [5.41, 5.74) is 1.23. The molecular weight excluding hydrogens is 358 g/mol. The second-order valence-electron chi connectivity index (χ2n) is 5.59. The van der Waals surface area contributed by atoms with Crippen molar-refractivity contribution in [3.05, 3.63) is 41.7 Å². The zero-order chi connectivity index (χ0) is 19.1. The van der Waals surface area contributed by atoms with E-state index < -0.39 is 11.9 Å². The van der Waals surface area contributed by atoms with Crippen molar-refractivity contribution in [2.24, 2.45) is 0 Å². The predicted octanol–water partition coefficient (Wildman–Crippen LogP) is 2.48. The molecule has 2 rings (SSSR count). The molecule has 3 N–H and O–H groups in total. The Balaban J connectivity index is 1.73. The van der Waals surface area contributed by atoms with Crippen molar-refractivity contribution in [3.63, 3.8) is 0 Å². The Labute approximate surface area is 154 Å². The highest BCUT2D eigenvalue weighted by molar-refractivity contribution is 8.00. The minimum absolute atomic E-state index is 0.106. The van der Waals surface area contributed by atoms with Crippen molar-refractivity contribution in [1.29, 1.82) is 0 Å². The van der Waals surface area contributed by atoms with Crippen LogP contribution in [0.5, 0.6) is 0 Å². The molecule has 2 aromatic rings. The average molecular weight is 377 g/mol. The molecule has 8 nitrogen and oxygen atoms in total. The van der Waals surface area contributed by atoms with Gasteiger partial charge in [-0.2, -0.15) is 0 Å². The first-order chi connectivity index (χ1) is 12.3. The van der Waals surface area contributed by atoms with E-state index >= 15 is 0 Å². The van der Waals surface area contributed by atoms with Gasteiger partial charge >= 0.3 is 5.97 Å². The van der Waals surface area contributed by atoms with E-state index in [1.54, 1.807) is 44.2 Å². The van der Waals surface area contributed by atoms with Crippen LogP contribution >= 0.6 is 11.8 Å². The molecule has 0 fully saturated rings. The van der Waals surface area contributed by atoms with Crippen LogP contribution in [0.4, 0.5) is 11.5 Å². The third kappa shape index (κ3) is 5.92. The molecule has 0 spiro atoms. The number of rotatable bonds is 8. The Hall–Kier alpha value is -2.81. The molecule has 1 heterocycles. The highest BCUT2D eigenvalue weighted by atomic mass is 32.2. The van der Waals surface area contributed by atoms with Crippen LogP contribution in [0.25, 0.3) is 0 Å². The lowest BCUT2D eigenvalue weighted by Gasteiger charge is -2.09. The van der Waals surface area contributed by atoms with Crippen molar-refractivity contribution in [2.75, 3.05) is 22.1 Å². The summed E-state index contributed by atoms with van der Waals surface area (Å²) in [6, 6.07) is 8.22. The third-order valence-electron chi connectivity index (χ3n) is 3.43. The molecule has 1 aromatic heterocycles. The second-order valence-corrected chi connectivity index (χ2v) is 6.58. The van der Waals surface area contributed by atoms with Gasteiger partial charge in [-0.1, -0.05) is 17.3 Å². The van der Waals surface area contributed by atoms with Gasteiger partial charge in [-0.25, -0.2) is 0 Å². The van der Waals surface area contributed by atoms with E-state index in [9.17, 15) is 14.4 Å². The summed E-state index contributed by atoms with van der Waals surface area (Å²) < 4.78 is 4.84. The molecule has 0 aliphatic rings. The number of anilines is 2. The van der Waals surface area contributed by atoms with E-state index in [0.29, 0.717) is 22.8 Å². The number of amides is 2. The van der Waals surface area contributed by atoms with E-state index in [4.69, 9.17) is 9.63 Å². The van der Waals surface area contributed by atoms with E-state index in [2.05, 4.69) is 15.8 Å². The van der Waals surface area contributed by atoms with Crippen molar-refractivity contribution in [3.8, 4) is 0 Å². The van der Waals surface area contributed by atoms with Crippen molar-refractivity contribution >= 4 is 41.1 Å². The molecule has 26 heavy (non-hydrogen) atoms. The Morgan fingerprint density at radius 3 is 2.31 bits per heavy atom. The van der Waals surface area contributed by atoms with Gasteiger partial charge in [0, 0.05) is 11.8 Å².